The van der Waals surface area contributed by atoms with Crippen LogP contribution < -0.4 is 5.73 Å². The molecule has 0 atom stereocenters. The molecule has 0 bridgehead atoms. The minimum absolute atomic E-state index is 0.465. The Hall–Kier alpha value is -1.93. The molecular weight excluding hydrogens is 294 g/mol. The number of thiophene rings is 1. The number of aromatic nitrogens is 4. The van der Waals surface area contributed by atoms with E-state index in [-0.39, 0.29) is 0 Å². The van der Waals surface area contributed by atoms with Gasteiger partial charge in [0.1, 0.15) is 5.82 Å². The van der Waals surface area contributed by atoms with Crippen molar-refractivity contribution in [1.82, 2.24) is 20.1 Å². The van der Waals surface area contributed by atoms with E-state index in [1.807, 2.05) is 23.8 Å². The lowest BCUT2D eigenvalue weighted by molar-refractivity contribution is 0.425. The maximum Gasteiger partial charge on any atom is 0.258 e. The van der Waals surface area contributed by atoms with E-state index in [4.69, 9.17) is 10.3 Å². The van der Waals surface area contributed by atoms with Crippen LogP contribution in [-0.2, 0) is 5.75 Å². The second-order valence-corrected chi connectivity index (χ2v) is 5.76. The molecule has 0 aromatic carbocycles. The number of aryl methyl sites for hydroxylation is 1. The second kappa shape index (κ2) is 5.59. The Morgan fingerprint density at radius 1 is 1.35 bits per heavy atom. The lowest BCUT2D eigenvalue weighted by atomic mass is 10.3. The molecule has 0 unspecified atom stereocenters. The molecule has 8 heteroatoms. The molecule has 3 aromatic heterocycles. The van der Waals surface area contributed by atoms with Gasteiger partial charge in [0.15, 0.2) is 11.0 Å². The molecule has 0 radical (unpaired) electrons. The van der Waals surface area contributed by atoms with Crippen molar-refractivity contribution in [2.24, 2.45) is 0 Å². The van der Waals surface area contributed by atoms with Gasteiger partial charge in [0, 0.05) is 17.1 Å². The summed E-state index contributed by atoms with van der Waals surface area (Å²) < 4.78 is 5.21. The van der Waals surface area contributed by atoms with Crippen LogP contribution in [-0.4, -0.2) is 20.1 Å². The van der Waals surface area contributed by atoms with Crippen molar-refractivity contribution < 1.29 is 4.52 Å². The first-order valence-corrected chi connectivity index (χ1v) is 7.72. The normalized spacial score (nSPS) is 10.8. The summed E-state index contributed by atoms with van der Waals surface area (Å²) in [6.45, 7) is 1.88. The first-order chi connectivity index (χ1) is 9.70. The highest BCUT2D eigenvalue weighted by atomic mass is 32.2. The third kappa shape index (κ3) is 2.97. The van der Waals surface area contributed by atoms with E-state index in [9.17, 15) is 0 Å². The van der Waals surface area contributed by atoms with Crippen molar-refractivity contribution in [2.75, 3.05) is 5.73 Å². The van der Waals surface area contributed by atoms with E-state index in [0.29, 0.717) is 28.4 Å². The van der Waals surface area contributed by atoms with Gasteiger partial charge in [-0.05, 0) is 18.4 Å². The predicted octanol–water partition coefficient (Wildman–Crippen LogP) is 2.77. The molecule has 6 nitrogen and oxygen atoms in total. The predicted molar refractivity (Wildman–Crippen MR) is 78.4 cm³/mol. The molecule has 3 aromatic rings. The van der Waals surface area contributed by atoms with Crippen LogP contribution in [0.5, 0.6) is 0 Å². The summed E-state index contributed by atoms with van der Waals surface area (Å²) in [5, 5.41) is 8.49. The standard InChI is InChI=1S/C12H11N5OS2/c1-7-4-9(13)15-12(14-7)20-6-10-16-11(18-17-10)8-2-3-19-5-8/h2-5H,6H2,1H3,(H2,13,14,15). The Morgan fingerprint density at radius 2 is 2.25 bits per heavy atom. The highest BCUT2D eigenvalue weighted by molar-refractivity contribution is 7.98. The van der Waals surface area contributed by atoms with Crippen molar-refractivity contribution in [3.05, 3.63) is 34.4 Å². The first kappa shape index (κ1) is 13.1. The quantitative estimate of drug-likeness (QED) is 0.585. The summed E-state index contributed by atoms with van der Waals surface area (Å²) in [6.07, 6.45) is 0. The van der Waals surface area contributed by atoms with Gasteiger partial charge < -0.3 is 10.3 Å². The van der Waals surface area contributed by atoms with Crippen molar-refractivity contribution in [2.45, 2.75) is 17.8 Å². The number of hydrogen-bond donors (Lipinski definition) is 1. The van der Waals surface area contributed by atoms with Crippen molar-refractivity contribution >= 4 is 28.9 Å². The van der Waals surface area contributed by atoms with Crippen molar-refractivity contribution in [1.29, 1.82) is 0 Å². The van der Waals surface area contributed by atoms with Gasteiger partial charge in [0.05, 0.1) is 11.3 Å². The monoisotopic (exact) mass is 305 g/mol. The van der Waals surface area contributed by atoms with Gasteiger partial charge in [-0.25, -0.2) is 9.97 Å². The average molecular weight is 305 g/mol. The number of hydrogen-bond acceptors (Lipinski definition) is 8. The Balaban J connectivity index is 1.69. The first-order valence-electron chi connectivity index (χ1n) is 5.80. The minimum Gasteiger partial charge on any atom is -0.384 e. The second-order valence-electron chi connectivity index (χ2n) is 4.03. The van der Waals surface area contributed by atoms with Crippen LogP contribution in [0.25, 0.3) is 11.5 Å². The van der Waals surface area contributed by atoms with Crippen LogP contribution in [0.15, 0.2) is 32.6 Å². The van der Waals surface area contributed by atoms with Gasteiger partial charge in [-0.3, -0.25) is 0 Å². The highest BCUT2D eigenvalue weighted by Crippen LogP contribution is 2.23. The zero-order chi connectivity index (χ0) is 13.9. The van der Waals surface area contributed by atoms with Gasteiger partial charge in [-0.15, -0.1) is 0 Å². The Kier molecular flexibility index (Phi) is 3.66. The topological polar surface area (TPSA) is 90.7 Å². The van der Waals surface area contributed by atoms with Crippen LogP contribution in [0.4, 0.5) is 5.82 Å². The lowest BCUT2D eigenvalue weighted by Gasteiger charge is -2.00. The SMILES string of the molecule is Cc1cc(N)nc(SCc2noc(-c3ccsc3)n2)n1. The molecule has 0 saturated heterocycles. The van der Waals surface area contributed by atoms with Crippen LogP contribution in [0.1, 0.15) is 11.5 Å². The van der Waals surface area contributed by atoms with E-state index in [1.165, 1.54) is 11.8 Å². The molecule has 2 N–H and O–H groups in total. The van der Waals surface area contributed by atoms with Gasteiger partial charge in [0.25, 0.3) is 5.89 Å². The van der Waals surface area contributed by atoms with Crippen LogP contribution in [0, 0.1) is 6.92 Å². The summed E-state index contributed by atoms with van der Waals surface area (Å²) in [5.41, 5.74) is 7.46. The molecule has 20 heavy (non-hydrogen) atoms. The number of nitrogens with zero attached hydrogens (tertiary/aromatic N) is 4. The van der Waals surface area contributed by atoms with Gasteiger partial charge in [-0.1, -0.05) is 16.9 Å². The molecule has 0 saturated carbocycles. The maximum absolute atomic E-state index is 5.68. The fraction of sp³-hybridized carbons (Fsp3) is 0.167. The highest BCUT2D eigenvalue weighted by Gasteiger charge is 2.10. The molecule has 0 aliphatic heterocycles. The Labute approximate surface area is 123 Å². The zero-order valence-electron chi connectivity index (χ0n) is 10.6. The van der Waals surface area contributed by atoms with E-state index in [0.717, 1.165) is 11.3 Å². The fourth-order valence-electron chi connectivity index (χ4n) is 1.57. The molecule has 3 rings (SSSR count). The molecular formula is C12H11N5OS2. The number of nitrogens with two attached hydrogens (primary N) is 1. The van der Waals surface area contributed by atoms with Crippen LogP contribution in [0.3, 0.4) is 0 Å². The van der Waals surface area contributed by atoms with E-state index >= 15 is 0 Å². The molecule has 0 fully saturated rings. The summed E-state index contributed by atoms with van der Waals surface area (Å²) in [7, 11) is 0. The molecule has 0 amide bonds. The number of anilines is 1. The van der Waals surface area contributed by atoms with Gasteiger partial charge >= 0.3 is 0 Å². The van der Waals surface area contributed by atoms with Crippen LogP contribution >= 0.6 is 23.1 Å². The molecule has 0 spiro atoms. The maximum atomic E-state index is 5.68. The van der Waals surface area contributed by atoms with E-state index in [2.05, 4.69) is 20.1 Å². The third-order valence-electron chi connectivity index (χ3n) is 2.42. The third-order valence-corrected chi connectivity index (χ3v) is 3.95. The molecule has 102 valence electrons. The van der Waals surface area contributed by atoms with Gasteiger partial charge in [-0.2, -0.15) is 16.3 Å². The van der Waals surface area contributed by atoms with Gasteiger partial charge in [0.2, 0.25) is 0 Å². The number of rotatable bonds is 4. The summed E-state index contributed by atoms with van der Waals surface area (Å²) >= 11 is 3.02. The number of nitrogen functional groups attached to an aromatic ring is 1. The fourth-order valence-corrected chi connectivity index (χ4v) is 2.96. The smallest absolute Gasteiger partial charge is 0.258 e. The Morgan fingerprint density at radius 3 is 3.00 bits per heavy atom. The van der Waals surface area contributed by atoms with Crippen molar-refractivity contribution in [3.63, 3.8) is 0 Å². The molecule has 3 heterocycles. The number of thioether (sulfide) groups is 1. The van der Waals surface area contributed by atoms with E-state index < -0.39 is 0 Å². The molecule has 0 aliphatic carbocycles. The van der Waals surface area contributed by atoms with Crippen molar-refractivity contribution in [3.8, 4) is 11.5 Å². The zero-order valence-corrected chi connectivity index (χ0v) is 12.2. The Bertz CT molecular complexity index is 690. The summed E-state index contributed by atoms with van der Waals surface area (Å²) in [4.78, 5) is 12.8. The van der Waals surface area contributed by atoms with E-state index in [1.54, 1.807) is 17.4 Å². The largest absolute Gasteiger partial charge is 0.384 e. The molecule has 0 aliphatic rings. The summed E-state index contributed by atoms with van der Waals surface area (Å²) in [5.74, 6) is 2.15. The van der Waals surface area contributed by atoms with Crippen LogP contribution in [0.2, 0.25) is 0 Å². The summed E-state index contributed by atoms with van der Waals surface area (Å²) in [6, 6.07) is 3.67. The lowest BCUT2D eigenvalue weighted by Crippen LogP contribution is -1.97. The average Bonchev–Trinajstić information content (AvgIpc) is 3.06. The minimum atomic E-state index is 0.465.